The Balaban J connectivity index is 1.38. The van der Waals surface area contributed by atoms with E-state index in [2.05, 4.69) is 24.3 Å². The van der Waals surface area contributed by atoms with Gasteiger partial charge in [0.15, 0.2) is 0 Å². The Morgan fingerprint density at radius 1 is 0.286 bits per heavy atom. The number of fused-ring (bicyclic) bond motifs is 5. The number of benzene rings is 7. The Hall–Kier alpha value is -4.49. The van der Waals surface area contributed by atoms with Crippen molar-refractivity contribution in [2.75, 3.05) is 0 Å². The molecule has 0 aliphatic carbocycles. The van der Waals surface area contributed by atoms with Crippen LogP contribution in [0.2, 0.25) is 0 Å². The summed E-state index contributed by atoms with van der Waals surface area (Å²) >= 11 is 0. The van der Waals surface area contributed by atoms with Gasteiger partial charge in [0.1, 0.15) is 89.6 Å². The van der Waals surface area contributed by atoms with E-state index in [0.29, 0.717) is 27.9 Å². The predicted molar refractivity (Wildman–Crippen MR) is 219 cm³/mol. The predicted octanol–water partition coefficient (Wildman–Crippen LogP) is -1.17. The first-order valence-electron chi connectivity index (χ1n) is 15.4. The smallest absolute Gasteiger partial charge is 0.136 e. The van der Waals surface area contributed by atoms with Gasteiger partial charge in [0.05, 0.1) is 0 Å². The molecule has 0 amide bonds. The van der Waals surface area contributed by atoms with Gasteiger partial charge in [0.2, 0.25) is 0 Å². The summed E-state index contributed by atoms with van der Waals surface area (Å²) in [6.45, 7) is 0. The van der Waals surface area contributed by atoms with Crippen LogP contribution in [0.3, 0.4) is 0 Å². The summed E-state index contributed by atoms with van der Waals surface area (Å²) in [7, 11) is 63.1. The summed E-state index contributed by atoms with van der Waals surface area (Å²) in [4.78, 5) is 0. The zero-order valence-electron chi connectivity index (χ0n) is 26.3. The monoisotopic (exact) mass is 596 g/mol. The lowest BCUT2D eigenvalue weighted by atomic mass is 9.59. The van der Waals surface area contributed by atoms with E-state index < -0.39 is 0 Å². The van der Waals surface area contributed by atoms with Crippen molar-refractivity contribution < 1.29 is 4.42 Å². The molecule has 7 aromatic carbocycles. The van der Waals surface area contributed by atoms with Crippen molar-refractivity contribution >= 4 is 177 Å². The Bertz CT molecular complexity index is 2620. The summed E-state index contributed by atoms with van der Waals surface area (Å²) in [5.41, 5.74) is 8.19. The van der Waals surface area contributed by atoms with Crippen molar-refractivity contribution in [3.05, 3.63) is 84.9 Å². The standard InChI is InChI=1S/C38H14B10O/c39-29-26(30(40)34(44)37(47)33(29)43)16-9-11-17-22-13-15(10-12-23(22)49-24(17)14-16)25-18-5-1-3-7-20(18)27(21-8-4-2-6-19(21)25)28-31(41)35(45)38(48)36(46)32(28)42/h1-14H. The third-order valence-electron chi connectivity index (χ3n) is 9.63. The minimum Gasteiger partial charge on any atom is -0.456 e. The second-order valence-electron chi connectivity index (χ2n) is 12.3. The van der Waals surface area contributed by atoms with Gasteiger partial charge in [-0.3, -0.25) is 0 Å². The maximum atomic E-state index is 6.62. The quantitative estimate of drug-likeness (QED) is 0.186. The lowest BCUT2D eigenvalue weighted by molar-refractivity contribution is 0.669. The lowest BCUT2D eigenvalue weighted by Gasteiger charge is -2.25. The summed E-state index contributed by atoms with van der Waals surface area (Å²) in [5.74, 6) is 0. The number of furan rings is 1. The zero-order chi connectivity index (χ0) is 34.5. The van der Waals surface area contributed by atoms with Crippen molar-refractivity contribution in [3.8, 4) is 33.4 Å². The number of rotatable bonds is 3. The third kappa shape index (κ3) is 4.61. The molecule has 0 atom stereocenters. The van der Waals surface area contributed by atoms with E-state index in [1.165, 1.54) is 0 Å². The van der Waals surface area contributed by atoms with Gasteiger partial charge >= 0.3 is 0 Å². The molecule has 8 rings (SSSR count). The van der Waals surface area contributed by atoms with Crippen LogP contribution in [-0.2, 0) is 0 Å². The molecule has 0 N–H and O–H groups in total. The first-order chi connectivity index (χ1) is 23.5. The minimum absolute atomic E-state index is 0.165. The number of hydrogen-bond acceptors (Lipinski definition) is 1. The van der Waals surface area contributed by atoms with Gasteiger partial charge in [-0.05, 0) is 79.2 Å². The largest absolute Gasteiger partial charge is 0.456 e. The van der Waals surface area contributed by atoms with E-state index in [1.807, 2.05) is 60.7 Å². The minimum atomic E-state index is 0.165. The van der Waals surface area contributed by atoms with Crippen molar-refractivity contribution in [2.45, 2.75) is 0 Å². The average Bonchev–Trinajstić information content (AvgIpc) is 3.48. The van der Waals surface area contributed by atoms with Gasteiger partial charge in [-0.25, -0.2) is 0 Å². The number of hydrogen-bond donors (Lipinski definition) is 0. The highest BCUT2D eigenvalue weighted by Gasteiger charge is 2.21. The van der Waals surface area contributed by atoms with Crippen LogP contribution in [0.5, 0.6) is 0 Å². The van der Waals surface area contributed by atoms with Crippen LogP contribution in [0.1, 0.15) is 0 Å². The molecule has 0 saturated heterocycles. The summed E-state index contributed by atoms with van der Waals surface area (Å²) in [6.07, 6.45) is 0. The third-order valence-corrected chi connectivity index (χ3v) is 9.63. The van der Waals surface area contributed by atoms with Crippen molar-refractivity contribution in [1.29, 1.82) is 0 Å². The fraction of sp³-hybridized carbons (Fsp3) is 0. The van der Waals surface area contributed by atoms with Crippen LogP contribution >= 0.6 is 0 Å². The van der Waals surface area contributed by atoms with E-state index in [1.54, 1.807) is 0 Å². The molecule has 0 bridgehead atoms. The molecule has 1 nitrogen and oxygen atoms in total. The molecule has 1 aromatic heterocycles. The van der Waals surface area contributed by atoms with Gasteiger partial charge in [0, 0.05) is 10.8 Å². The topological polar surface area (TPSA) is 13.1 Å². The second-order valence-corrected chi connectivity index (χ2v) is 12.3. The molecule has 202 valence electrons. The molecule has 11 heteroatoms. The fourth-order valence-corrected chi connectivity index (χ4v) is 7.08. The van der Waals surface area contributed by atoms with Gasteiger partial charge in [-0.1, -0.05) is 82.5 Å². The second kappa shape index (κ2) is 11.5. The first-order valence-corrected chi connectivity index (χ1v) is 15.4. The molecule has 49 heavy (non-hydrogen) atoms. The molecule has 1 heterocycles. The molecular formula is C38H14B10O. The van der Waals surface area contributed by atoms with E-state index >= 15 is 0 Å². The Labute approximate surface area is 298 Å². The highest BCUT2D eigenvalue weighted by Crippen LogP contribution is 2.44. The molecule has 20 radical (unpaired) electrons. The van der Waals surface area contributed by atoms with Crippen LogP contribution in [0.25, 0.3) is 76.9 Å². The highest BCUT2D eigenvalue weighted by molar-refractivity contribution is 6.70. The molecule has 8 aromatic rings. The molecule has 0 spiro atoms. The SMILES string of the molecule is [B]c1c([B])c([B])c(-c2ccc3c(c2)oc2ccc(-c4c5ccccc5c(-c5c([B])c([B])c([B])c([B])c5[B])c5ccccc45)cc23)c([B])c1[B]. The van der Waals surface area contributed by atoms with E-state index in [4.69, 9.17) is 82.9 Å². The van der Waals surface area contributed by atoms with Crippen LogP contribution in [0.15, 0.2) is 89.3 Å². The molecule has 0 aliphatic rings. The average molecular weight is 595 g/mol. The maximum absolute atomic E-state index is 6.62. The molecular weight excluding hydrogens is 581 g/mol. The molecule has 0 unspecified atom stereocenters. The fourth-order valence-electron chi connectivity index (χ4n) is 7.08. The Morgan fingerprint density at radius 3 is 1.20 bits per heavy atom. The van der Waals surface area contributed by atoms with Crippen molar-refractivity contribution in [1.82, 2.24) is 0 Å². The van der Waals surface area contributed by atoms with Gasteiger partial charge < -0.3 is 4.42 Å². The van der Waals surface area contributed by atoms with Crippen LogP contribution in [0.4, 0.5) is 0 Å². The first kappa shape index (κ1) is 31.8. The molecule has 0 aliphatic heterocycles. The lowest BCUT2D eigenvalue weighted by Crippen LogP contribution is -2.55. The van der Waals surface area contributed by atoms with Crippen LogP contribution in [0, 0.1) is 0 Å². The van der Waals surface area contributed by atoms with Crippen LogP contribution in [-0.4, -0.2) is 78.5 Å². The zero-order valence-corrected chi connectivity index (χ0v) is 26.3. The summed E-state index contributed by atoms with van der Waals surface area (Å²) < 4.78 is 6.35. The van der Waals surface area contributed by atoms with E-state index in [0.717, 1.165) is 49.0 Å². The van der Waals surface area contributed by atoms with Crippen molar-refractivity contribution in [3.63, 3.8) is 0 Å². The maximum Gasteiger partial charge on any atom is 0.136 e. The van der Waals surface area contributed by atoms with E-state index in [-0.39, 0.29) is 54.6 Å². The van der Waals surface area contributed by atoms with Gasteiger partial charge in [0.25, 0.3) is 0 Å². The summed E-state index contributed by atoms with van der Waals surface area (Å²) in [5, 5.41) is 5.68. The summed E-state index contributed by atoms with van der Waals surface area (Å²) in [6, 6.07) is 28.2. The molecule has 0 saturated carbocycles. The molecule has 0 fully saturated rings. The van der Waals surface area contributed by atoms with Gasteiger partial charge in [-0.2, -0.15) is 0 Å². The van der Waals surface area contributed by atoms with Crippen LogP contribution < -0.4 is 54.6 Å². The Kier molecular flexibility index (Phi) is 7.49. The van der Waals surface area contributed by atoms with Crippen molar-refractivity contribution in [2.24, 2.45) is 0 Å². The van der Waals surface area contributed by atoms with Gasteiger partial charge in [-0.15, -0.1) is 32.8 Å². The Morgan fingerprint density at radius 2 is 0.694 bits per heavy atom. The highest BCUT2D eigenvalue weighted by atomic mass is 16.3. The normalized spacial score (nSPS) is 11.7. The van der Waals surface area contributed by atoms with E-state index in [9.17, 15) is 0 Å².